The van der Waals surface area contributed by atoms with Crippen LogP contribution in [0.1, 0.15) is 20.3 Å². The van der Waals surface area contributed by atoms with Crippen LogP contribution >= 0.6 is 23.1 Å². The van der Waals surface area contributed by atoms with Crippen LogP contribution in [-0.2, 0) is 6.54 Å². The van der Waals surface area contributed by atoms with Gasteiger partial charge in [0.15, 0.2) is 16.8 Å². The number of carbonyl (C=O) groups excluding carboxylic acids is 1. The summed E-state index contributed by atoms with van der Waals surface area (Å²) in [5.41, 5.74) is 0.976. The maximum Gasteiger partial charge on any atom is 0.192 e. The van der Waals surface area contributed by atoms with Gasteiger partial charge in [0.05, 0.1) is 23.4 Å². The predicted molar refractivity (Wildman–Crippen MR) is 107 cm³/mol. The summed E-state index contributed by atoms with van der Waals surface area (Å²) < 4.78 is 7.49. The first-order valence-electron chi connectivity index (χ1n) is 8.44. The standard InChI is InChI=1S/C20H17N3O2S2/c1-14-9-10-18(27-14)17(24)13-26-20-22-21-19(15-6-3-2-4-7-15)23(20)12-16-8-5-11-25-16/h2-11H,12-13H2,1H3. The topological polar surface area (TPSA) is 60.9 Å². The highest BCUT2D eigenvalue weighted by Crippen LogP contribution is 2.26. The van der Waals surface area contributed by atoms with Crippen LogP contribution in [0.3, 0.4) is 0 Å². The minimum Gasteiger partial charge on any atom is -0.467 e. The van der Waals surface area contributed by atoms with E-state index >= 15 is 0 Å². The molecule has 0 saturated heterocycles. The van der Waals surface area contributed by atoms with Gasteiger partial charge in [-0.3, -0.25) is 9.36 Å². The molecule has 3 aromatic heterocycles. The highest BCUT2D eigenvalue weighted by Gasteiger charge is 2.17. The molecule has 0 N–H and O–H groups in total. The Bertz CT molecular complexity index is 1040. The van der Waals surface area contributed by atoms with Crippen LogP contribution in [0.25, 0.3) is 11.4 Å². The monoisotopic (exact) mass is 395 g/mol. The van der Waals surface area contributed by atoms with Crippen molar-refractivity contribution in [1.82, 2.24) is 14.8 Å². The van der Waals surface area contributed by atoms with E-state index in [1.807, 2.05) is 66.1 Å². The second-order valence-corrected chi connectivity index (χ2v) is 8.19. The number of aromatic nitrogens is 3. The Hall–Kier alpha value is -2.64. The second kappa shape index (κ2) is 7.94. The Morgan fingerprint density at radius 2 is 1.96 bits per heavy atom. The molecule has 27 heavy (non-hydrogen) atoms. The van der Waals surface area contributed by atoms with Crippen molar-refractivity contribution in [3.63, 3.8) is 0 Å². The van der Waals surface area contributed by atoms with Crippen molar-refractivity contribution in [2.75, 3.05) is 5.75 Å². The Morgan fingerprint density at radius 1 is 1.11 bits per heavy atom. The normalized spacial score (nSPS) is 11.0. The van der Waals surface area contributed by atoms with E-state index < -0.39 is 0 Å². The molecule has 0 saturated carbocycles. The third-order valence-corrected chi connectivity index (χ3v) is 6.00. The number of benzene rings is 1. The summed E-state index contributed by atoms with van der Waals surface area (Å²) in [5, 5.41) is 9.39. The molecule has 0 unspecified atom stereocenters. The minimum atomic E-state index is 0.104. The van der Waals surface area contributed by atoms with E-state index in [2.05, 4.69) is 10.2 Å². The molecule has 1 aromatic carbocycles. The fourth-order valence-electron chi connectivity index (χ4n) is 2.68. The molecule has 0 amide bonds. The first-order chi connectivity index (χ1) is 13.2. The van der Waals surface area contributed by atoms with Crippen molar-refractivity contribution < 1.29 is 9.21 Å². The third-order valence-electron chi connectivity index (χ3n) is 3.99. The molecule has 0 aliphatic rings. The summed E-state index contributed by atoms with van der Waals surface area (Å²) in [4.78, 5) is 14.4. The maximum absolute atomic E-state index is 12.5. The summed E-state index contributed by atoms with van der Waals surface area (Å²) in [7, 11) is 0. The number of carbonyl (C=O) groups is 1. The molecule has 0 bridgehead atoms. The van der Waals surface area contributed by atoms with Crippen LogP contribution in [0, 0.1) is 6.92 Å². The summed E-state index contributed by atoms with van der Waals surface area (Å²) in [6.45, 7) is 2.51. The predicted octanol–water partition coefficient (Wildman–Crippen LogP) is 4.93. The minimum absolute atomic E-state index is 0.104. The molecule has 0 atom stereocenters. The number of ketones is 1. The molecule has 0 spiro atoms. The Morgan fingerprint density at radius 3 is 2.67 bits per heavy atom. The average molecular weight is 396 g/mol. The van der Waals surface area contributed by atoms with Crippen LogP contribution in [0.4, 0.5) is 0 Å². The molecular formula is C20H17N3O2S2. The van der Waals surface area contributed by atoms with E-state index in [9.17, 15) is 4.79 Å². The average Bonchev–Trinajstić information content (AvgIpc) is 3.43. The zero-order valence-electron chi connectivity index (χ0n) is 14.7. The number of Topliss-reactive ketones (excluding diaryl/α,β-unsaturated/α-hetero) is 1. The van der Waals surface area contributed by atoms with E-state index in [0.717, 1.165) is 26.9 Å². The lowest BCUT2D eigenvalue weighted by Crippen LogP contribution is -2.06. The number of thiophene rings is 1. The van der Waals surface area contributed by atoms with E-state index in [1.54, 1.807) is 6.26 Å². The molecule has 0 fully saturated rings. The number of furan rings is 1. The Balaban J connectivity index is 1.60. The van der Waals surface area contributed by atoms with Crippen LogP contribution < -0.4 is 0 Å². The summed E-state index contributed by atoms with van der Waals surface area (Å²) >= 11 is 2.92. The van der Waals surface area contributed by atoms with Crippen molar-refractivity contribution in [3.05, 3.63) is 76.4 Å². The molecule has 3 heterocycles. The van der Waals surface area contributed by atoms with Gasteiger partial charge in [-0.15, -0.1) is 21.5 Å². The molecule has 4 rings (SSSR count). The highest BCUT2D eigenvalue weighted by atomic mass is 32.2. The van der Waals surface area contributed by atoms with Crippen molar-refractivity contribution in [2.45, 2.75) is 18.6 Å². The Kier molecular flexibility index (Phi) is 5.22. The number of hydrogen-bond acceptors (Lipinski definition) is 6. The van der Waals surface area contributed by atoms with Gasteiger partial charge in [0, 0.05) is 10.4 Å². The SMILES string of the molecule is Cc1ccc(C(=O)CSc2nnc(-c3ccccc3)n2Cc2ccco2)s1. The molecular weight excluding hydrogens is 378 g/mol. The van der Waals surface area contributed by atoms with E-state index in [4.69, 9.17) is 4.42 Å². The van der Waals surface area contributed by atoms with Gasteiger partial charge in [-0.1, -0.05) is 42.1 Å². The molecule has 0 radical (unpaired) electrons. The summed E-state index contributed by atoms with van der Waals surface area (Å²) in [6, 6.07) is 17.5. The molecule has 136 valence electrons. The van der Waals surface area contributed by atoms with Gasteiger partial charge in [0.25, 0.3) is 0 Å². The highest BCUT2D eigenvalue weighted by molar-refractivity contribution is 7.99. The first-order valence-corrected chi connectivity index (χ1v) is 10.2. The van der Waals surface area contributed by atoms with Gasteiger partial charge < -0.3 is 4.42 Å². The van der Waals surface area contributed by atoms with Crippen LogP contribution in [0.5, 0.6) is 0 Å². The van der Waals surface area contributed by atoms with Crippen LogP contribution in [-0.4, -0.2) is 26.3 Å². The molecule has 7 heteroatoms. The number of hydrogen-bond donors (Lipinski definition) is 0. The molecule has 5 nitrogen and oxygen atoms in total. The summed E-state index contributed by atoms with van der Waals surface area (Å²) in [5.74, 6) is 2.00. The van der Waals surface area contributed by atoms with Gasteiger partial charge >= 0.3 is 0 Å². The van der Waals surface area contributed by atoms with Crippen LogP contribution in [0.15, 0.2) is 70.4 Å². The van der Waals surface area contributed by atoms with Crippen molar-refractivity contribution in [2.24, 2.45) is 0 Å². The van der Waals surface area contributed by atoms with E-state index in [1.165, 1.54) is 23.1 Å². The van der Waals surface area contributed by atoms with Gasteiger partial charge in [-0.25, -0.2) is 0 Å². The molecule has 0 aliphatic carbocycles. The van der Waals surface area contributed by atoms with Gasteiger partial charge in [-0.05, 0) is 31.2 Å². The first kappa shape index (κ1) is 17.8. The van der Waals surface area contributed by atoms with Gasteiger partial charge in [0.2, 0.25) is 0 Å². The number of rotatable bonds is 7. The third kappa shape index (κ3) is 4.04. The largest absolute Gasteiger partial charge is 0.467 e. The number of thioether (sulfide) groups is 1. The van der Waals surface area contributed by atoms with Crippen molar-refractivity contribution >= 4 is 28.9 Å². The maximum atomic E-state index is 12.5. The van der Waals surface area contributed by atoms with E-state index in [0.29, 0.717) is 17.5 Å². The van der Waals surface area contributed by atoms with Gasteiger partial charge in [-0.2, -0.15) is 0 Å². The van der Waals surface area contributed by atoms with Crippen molar-refractivity contribution in [1.29, 1.82) is 0 Å². The number of nitrogens with zero attached hydrogens (tertiary/aromatic N) is 3. The second-order valence-electron chi connectivity index (χ2n) is 5.96. The fourth-order valence-corrected chi connectivity index (χ4v) is 4.40. The summed E-state index contributed by atoms with van der Waals surface area (Å²) in [6.07, 6.45) is 1.65. The lowest BCUT2D eigenvalue weighted by atomic mass is 10.2. The molecule has 0 aliphatic heterocycles. The lowest BCUT2D eigenvalue weighted by molar-refractivity contribution is 0.102. The molecule has 4 aromatic rings. The zero-order valence-corrected chi connectivity index (χ0v) is 16.3. The fraction of sp³-hybridized carbons (Fsp3) is 0.150. The smallest absolute Gasteiger partial charge is 0.192 e. The Labute approximate surface area is 165 Å². The van der Waals surface area contributed by atoms with E-state index in [-0.39, 0.29) is 5.78 Å². The zero-order chi connectivity index (χ0) is 18.6. The number of aryl methyl sites for hydroxylation is 1. The van der Waals surface area contributed by atoms with Crippen molar-refractivity contribution in [3.8, 4) is 11.4 Å². The van der Waals surface area contributed by atoms with Crippen LogP contribution in [0.2, 0.25) is 0 Å². The van der Waals surface area contributed by atoms with Gasteiger partial charge in [0.1, 0.15) is 5.76 Å². The quantitative estimate of drug-likeness (QED) is 0.328. The lowest BCUT2D eigenvalue weighted by Gasteiger charge is -2.08.